The predicted molar refractivity (Wildman–Crippen MR) is 117 cm³/mol. The molecule has 2 atom stereocenters. The number of fused-ring (bicyclic) bond motifs is 1. The molecule has 1 aliphatic heterocycles. The fraction of sp³-hybridized carbons (Fsp3) is 0.600. The van der Waals surface area contributed by atoms with Gasteiger partial charge in [0.25, 0.3) is 0 Å². The highest BCUT2D eigenvalue weighted by Gasteiger charge is 2.48. The van der Waals surface area contributed by atoms with E-state index in [0.717, 1.165) is 6.42 Å². The second-order valence-corrected chi connectivity index (χ2v) is 10.2. The van der Waals surface area contributed by atoms with Crippen molar-refractivity contribution in [2.24, 2.45) is 5.92 Å². The molecule has 0 radical (unpaired) electrons. The number of allylic oxidation sites excluding steroid dienone is 6. The fourth-order valence-electron chi connectivity index (χ4n) is 4.42. The number of hydrogen-bond acceptors (Lipinski definition) is 2. The summed E-state index contributed by atoms with van der Waals surface area (Å²) in [6, 6.07) is 2.49. The molecule has 3 aliphatic rings. The minimum atomic E-state index is 0.261. The van der Waals surface area contributed by atoms with Gasteiger partial charge in [-0.25, -0.2) is 0 Å². The molecule has 2 aliphatic carbocycles. The Bertz CT molecular complexity index is 772. The molecule has 4 rings (SSSR count). The maximum Gasteiger partial charge on any atom is 0.0924 e. The van der Waals surface area contributed by atoms with Gasteiger partial charge in [-0.3, -0.25) is 0 Å². The van der Waals surface area contributed by atoms with Gasteiger partial charge in [0, 0.05) is 9.75 Å². The Kier molecular flexibility index (Phi) is 5.49. The van der Waals surface area contributed by atoms with Crippen LogP contribution in [0, 0.1) is 5.92 Å². The Balaban J connectivity index is 1.56. The summed E-state index contributed by atoms with van der Waals surface area (Å²) in [5.74, 6) is 1.23. The normalized spacial score (nSPS) is 27.3. The third-order valence-electron chi connectivity index (χ3n) is 6.40. The van der Waals surface area contributed by atoms with Crippen molar-refractivity contribution in [3.05, 3.63) is 51.3 Å². The molecule has 0 N–H and O–H groups in total. The minimum Gasteiger partial charge on any atom is -0.366 e. The van der Waals surface area contributed by atoms with Crippen LogP contribution in [0.2, 0.25) is 0 Å². The van der Waals surface area contributed by atoms with Gasteiger partial charge in [-0.1, -0.05) is 45.1 Å². The summed E-state index contributed by atoms with van der Waals surface area (Å²) < 4.78 is 6.55. The molecule has 1 aromatic rings. The number of ether oxygens (including phenoxy) is 1. The summed E-state index contributed by atoms with van der Waals surface area (Å²) in [6.45, 7) is 9.03. The first-order valence-electron chi connectivity index (χ1n) is 10.8. The number of hydrogen-bond donors (Lipinski definition) is 0. The van der Waals surface area contributed by atoms with Crippen LogP contribution in [-0.2, 0) is 4.74 Å². The van der Waals surface area contributed by atoms with Crippen LogP contribution in [-0.4, -0.2) is 5.60 Å². The zero-order chi connectivity index (χ0) is 19.0. The topological polar surface area (TPSA) is 9.23 Å². The number of thiophene rings is 1. The van der Waals surface area contributed by atoms with Crippen molar-refractivity contribution in [1.29, 1.82) is 0 Å². The summed E-state index contributed by atoms with van der Waals surface area (Å²) >= 11 is 2.01. The summed E-state index contributed by atoms with van der Waals surface area (Å²) in [5.41, 5.74) is 4.78. The van der Waals surface area contributed by atoms with Crippen LogP contribution in [0.3, 0.4) is 0 Å². The lowest BCUT2D eigenvalue weighted by atomic mass is 9.86. The molecule has 1 saturated heterocycles. The highest BCUT2D eigenvalue weighted by atomic mass is 32.1. The van der Waals surface area contributed by atoms with E-state index in [9.17, 15) is 0 Å². The van der Waals surface area contributed by atoms with Gasteiger partial charge in [-0.05, 0) is 86.5 Å². The smallest absolute Gasteiger partial charge is 0.0924 e. The quantitative estimate of drug-likeness (QED) is 0.469. The zero-order valence-electron chi connectivity index (χ0n) is 17.4. The van der Waals surface area contributed by atoms with E-state index in [2.05, 4.69) is 58.1 Å². The maximum atomic E-state index is 6.55. The van der Waals surface area contributed by atoms with E-state index in [-0.39, 0.29) is 5.60 Å². The molecule has 2 heterocycles. The van der Waals surface area contributed by atoms with Crippen LogP contribution in [0.15, 0.2) is 35.9 Å². The van der Waals surface area contributed by atoms with E-state index in [1.807, 2.05) is 11.3 Å². The minimum absolute atomic E-state index is 0.261. The summed E-state index contributed by atoms with van der Waals surface area (Å²) in [7, 11) is 0. The molecular weight excluding hydrogens is 348 g/mol. The SMILES string of the molecule is C/C=C(\C=C/C(C)C)CC1=CCC(C)c2cc([C@H]3CCCC4(CC4)O3)sc21. The highest BCUT2D eigenvalue weighted by Crippen LogP contribution is 2.53. The second-order valence-electron chi connectivity index (χ2n) is 9.12. The molecule has 0 aromatic carbocycles. The highest BCUT2D eigenvalue weighted by molar-refractivity contribution is 7.13. The molecule has 1 aromatic heterocycles. The average molecular weight is 383 g/mol. The van der Waals surface area contributed by atoms with Crippen LogP contribution in [0.1, 0.15) is 100.0 Å². The molecule has 2 heteroatoms. The Morgan fingerprint density at radius 2 is 2.15 bits per heavy atom. The van der Waals surface area contributed by atoms with Gasteiger partial charge in [-0.2, -0.15) is 0 Å². The first-order chi connectivity index (χ1) is 13.0. The molecule has 2 fully saturated rings. The van der Waals surface area contributed by atoms with Crippen molar-refractivity contribution in [2.45, 2.75) is 90.3 Å². The van der Waals surface area contributed by atoms with Gasteiger partial charge in [0.05, 0.1) is 11.7 Å². The predicted octanol–water partition coefficient (Wildman–Crippen LogP) is 7.96. The van der Waals surface area contributed by atoms with E-state index in [1.54, 1.807) is 5.56 Å². The Morgan fingerprint density at radius 3 is 2.85 bits per heavy atom. The summed E-state index contributed by atoms with van der Waals surface area (Å²) in [6.07, 6.45) is 18.3. The van der Waals surface area contributed by atoms with Crippen molar-refractivity contribution in [1.82, 2.24) is 0 Å². The zero-order valence-corrected chi connectivity index (χ0v) is 18.2. The van der Waals surface area contributed by atoms with Crippen LogP contribution >= 0.6 is 11.3 Å². The molecular formula is C25H34OS. The fourth-order valence-corrected chi connectivity index (χ4v) is 5.81. The van der Waals surface area contributed by atoms with Crippen LogP contribution < -0.4 is 0 Å². The van der Waals surface area contributed by atoms with E-state index in [4.69, 9.17) is 4.74 Å². The third kappa shape index (κ3) is 4.17. The standard InChI is InChI=1S/C25H34OS/c1-5-19(10-8-17(2)3)15-20-11-9-18(4)21-16-23(27-24(20)21)22-7-6-12-25(26-22)13-14-25/h5,8,10-11,16-18,22H,6-7,9,12-15H2,1-4H3/b10-8-,19-5+/t18?,22-/m1/s1. The van der Waals surface area contributed by atoms with Gasteiger partial charge < -0.3 is 4.74 Å². The Hall–Kier alpha value is -1.12. The van der Waals surface area contributed by atoms with Crippen LogP contribution in [0.4, 0.5) is 0 Å². The lowest BCUT2D eigenvalue weighted by Gasteiger charge is -2.29. The van der Waals surface area contributed by atoms with E-state index in [0.29, 0.717) is 17.9 Å². The van der Waals surface area contributed by atoms with E-state index < -0.39 is 0 Å². The molecule has 1 spiro atoms. The average Bonchev–Trinajstić information content (AvgIpc) is 3.22. The Labute approximate surface area is 169 Å². The van der Waals surface area contributed by atoms with Crippen molar-refractivity contribution >= 4 is 16.9 Å². The monoisotopic (exact) mass is 382 g/mol. The molecule has 0 bridgehead atoms. The van der Waals surface area contributed by atoms with E-state index >= 15 is 0 Å². The number of rotatable bonds is 5. The van der Waals surface area contributed by atoms with Crippen molar-refractivity contribution in [3.8, 4) is 0 Å². The molecule has 146 valence electrons. The molecule has 1 nitrogen and oxygen atoms in total. The van der Waals surface area contributed by atoms with Crippen LogP contribution in [0.25, 0.3) is 5.57 Å². The van der Waals surface area contributed by atoms with Crippen LogP contribution in [0.5, 0.6) is 0 Å². The molecule has 1 unspecified atom stereocenters. The van der Waals surface area contributed by atoms with Gasteiger partial charge in [0.2, 0.25) is 0 Å². The largest absolute Gasteiger partial charge is 0.366 e. The van der Waals surface area contributed by atoms with Crippen molar-refractivity contribution in [3.63, 3.8) is 0 Å². The molecule has 0 amide bonds. The summed E-state index contributed by atoms with van der Waals surface area (Å²) in [5, 5.41) is 0. The Morgan fingerprint density at radius 1 is 1.33 bits per heavy atom. The van der Waals surface area contributed by atoms with E-state index in [1.165, 1.54) is 59.4 Å². The lowest BCUT2D eigenvalue weighted by molar-refractivity contribution is -0.0676. The van der Waals surface area contributed by atoms with Crippen molar-refractivity contribution < 1.29 is 4.74 Å². The van der Waals surface area contributed by atoms with Gasteiger partial charge in [0.15, 0.2) is 0 Å². The molecule has 27 heavy (non-hydrogen) atoms. The molecule has 1 saturated carbocycles. The first kappa shape index (κ1) is 19.2. The maximum absolute atomic E-state index is 6.55. The van der Waals surface area contributed by atoms with Gasteiger partial charge in [-0.15, -0.1) is 11.3 Å². The lowest BCUT2D eigenvalue weighted by Crippen LogP contribution is -2.23. The van der Waals surface area contributed by atoms with Gasteiger partial charge >= 0.3 is 0 Å². The third-order valence-corrected chi connectivity index (χ3v) is 7.72. The van der Waals surface area contributed by atoms with Crippen molar-refractivity contribution in [2.75, 3.05) is 0 Å². The second kappa shape index (κ2) is 7.72. The first-order valence-corrected chi connectivity index (χ1v) is 11.7. The van der Waals surface area contributed by atoms with Gasteiger partial charge in [0.1, 0.15) is 0 Å². The summed E-state index contributed by atoms with van der Waals surface area (Å²) in [4.78, 5) is 3.01.